The van der Waals surface area contributed by atoms with Gasteiger partial charge in [-0.05, 0) is 42.5 Å². The van der Waals surface area contributed by atoms with E-state index in [-0.39, 0.29) is 16.3 Å². The fourth-order valence-corrected chi connectivity index (χ4v) is 2.28. The van der Waals surface area contributed by atoms with Crippen LogP contribution >= 0.6 is 23.8 Å². The van der Waals surface area contributed by atoms with Crippen LogP contribution in [0.3, 0.4) is 0 Å². The molecule has 1 aromatic carbocycles. The summed E-state index contributed by atoms with van der Waals surface area (Å²) in [6.45, 7) is 1.02. The van der Waals surface area contributed by atoms with Crippen molar-refractivity contribution in [2.75, 3.05) is 20.3 Å². The van der Waals surface area contributed by atoms with Gasteiger partial charge in [0.15, 0.2) is 5.11 Å². The zero-order valence-electron chi connectivity index (χ0n) is 13.6. The second-order valence-electron chi connectivity index (χ2n) is 5.01. The molecule has 2 aromatic rings. The fraction of sp³-hybridized carbons (Fsp3) is 0.250. The molecule has 0 saturated heterocycles. The highest BCUT2D eigenvalue weighted by atomic mass is 35.5. The number of hydrogen-bond acceptors (Lipinski definition) is 4. The summed E-state index contributed by atoms with van der Waals surface area (Å²) >= 11 is 11.0. The first-order valence-electron chi connectivity index (χ1n) is 7.34. The third-order valence-electron chi connectivity index (χ3n) is 3.14. The highest BCUT2D eigenvalue weighted by molar-refractivity contribution is 7.80. The van der Waals surface area contributed by atoms with Crippen molar-refractivity contribution in [1.29, 1.82) is 0 Å². The number of alkyl halides is 3. The Hall–Kier alpha value is -2.10. The Morgan fingerprint density at radius 1 is 1.35 bits per heavy atom. The van der Waals surface area contributed by atoms with Crippen molar-refractivity contribution in [3.8, 4) is 11.3 Å². The van der Waals surface area contributed by atoms with Gasteiger partial charge in [0, 0.05) is 19.2 Å². The van der Waals surface area contributed by atoms with Crippen LogP contribution in [0.5, 0.6) is 0 Å². The summed E-state index contributed by atoms with van der Waals surface area (Å²) in [5.74, 6) is 0.518. The van der Waals surface area contributed by atoms with Crippen LogP contribution in [0.15, 0.2) is 39.9 Å². The number of rotatable bonds is 6. The molecular weight excluding hydrogens is 391 g/mol. The van der Waals surface area contributed by atoms with Crippen molar-refractivity contribution in [3.05, 3.63) is 46.7 Å². The largest absolute Gasteiger partial charge is 0.455 e. The third-order valence-corrected chi connectivity index (χ3v) is 3.70. The molecule has 0 aliphatic heterocycles. The quantitative estimate of drug-likeness (QED) is 0.328. The minimum absolute atomic E-state index is 0.144. The predicted molar refractivity (Wildman–Crippen MR) is 97.4 cm³/mol. The fourth-order valence-electron chi connectivity index (χ4n) is 1.92. The van der Waals surface area contributed by atoms with Crippen LogP contribution in [0.2, 0.25) is 5.02 Å². The van der Waals surface area contributed by atoms with Gasteiger partial charge in [0.25, 0.3) is 0 Å². The molecule has 0 fully saturated rings. The second kappa shape index (κ2) is 9.02. The van der Waals surface area contributed by atoms with E-state index in [9.17, 15) is 13.2 Å². The van der Waals surface area contributed by atoms with Gasteiger partial charge in [-0.1, -0.05) is 11.6 Å². The van der Waals surface area contributed by atoms with E-state index < -0.39 is 11.7 Å². The summed E-state index contributed by atoms with van der Waals surface area (Å²) in [6.07, 6.45) is -3.12. The zero-order chi connectivity index (χ0) is 19.2. The van der Waals surface area contributed by atoms with Gasteiger partial charge in [-0.25, -0.2) is 0 Å². The van der Waals surface area contributed by atoms with Gasteiger partial charge in [0.2, 0.25) is 0 Å². The van der Waals surface area contributed by atoms with Crippen LogP contribution in [0.4, 0.5) is 13.2 Å². The minimum Gasteiger partial charge on any atom is -0.455 e. The maximum atomic E-state index is 12.8. The molecule has 0 aliphatic carbocycles. The van der Waals surface area contributed by atoms with E-state index in [1.165, 1.54) is 18.3 Å². The SMILES string of the molecule is COCCNC(=S)N/N=C/c1ccc(-c2cc(C(F)(F)F)ccc2Cl)o1. The molecule has 0 atom stereocenters. The summed E-state index contributed by atoms with van der Waals surface area (Å²) in [5.41, 5.74) is 1.92. The number of hydrogen-bond donors (Lipinski definition) is 2. The van der Waals surface area contributed by atoms with Crippen molar-refractivity contribution in [2.24, 2.45) is 5.10 Å². The Bertz CT molecular complexity index is 793. The number of nitrogens with one attached hydrogen (secondary N) is 2. The number of furan rings is 1. The van der Waals surface area contributed by atoms with Crippen molar-refractivity contribution in [2.45, 2.75) is 6.18 Å². The normalized spacial score (nSPS) is 11.7. The molecule has 0 saturated carbocycles. The van der Waals surface area contributed by atoms with Gasteiger partial charge in [-0.3, -0.25) is 5.43 Å². The molecule has 26 heavy (non-hydrogen) atoms. The lowest BCUT2D eigenvalue weighted by Gasteiger charge is -2.09. The summed E-state index contributed by atoms with van der Waals surface area (Å²) < 4.78 is 48.9. The first-order chi connectivity index (χ1) is 12.3. The third kappa shape index (κ3) is 5.72. The Morgan fingerprint density at radius 3 is 2.81 bits per heavy atom. The van der Waals surface area contributed by atoms with E-state index in [1.54, 1.807) is 13.2 Å². The molecule has 2 rings (SSSR count). The van der Waals surface area contributed by atoms with Gasteiger partial charge in [0.05, 0.1) is 23.4 Å². The molecule has 0 radical (unpaired) electrons. The second-order valence-corrected chi connectivity index (χ2v) is 5.83. The van der Waals surface area contributed by atoms with E-state index in [1.807, 2.05) is 0 Å². The van der Waals surface area contributed by atoms with E-state index in [0.29, 0.717) is 24.0 Å². The van der Waals surface area contributed by atoms with Crippen molar-refractivity contribution < 1.29 is 22.3 Å². The van der Waals surface area contributed by atoms with Gasteiger partial charge in [-0.15, -0.1) is 0 Å². The van der Waals surface area contributed by atoms with Gasteiger partial charge >= 0.3 is 6.18 Å². The van der Waals surface area contributed by atoms with Crippen LogP contribution < -0.4 is 10.7 Å². The molecule has 1 heterocycles. The number of methoxy groups -OCH3 is 1. The van der Waals surface area contributed by atoms with Gasteiger partial charge < -0.3 is 14.5 Å². The average molecular weight is 406 g/mol. The average Bonchev–Trinajstić information content (AvgIpc) is 3.03. The standard InChI is InChI=1S/C16H15ClF3N3O2S/c1-24-7-6-21-15(26)23-22-9-11-3-5-14(25-11)12-8-10(16(18,19)20)2-4-13(12)17/h2-5,8-9H,6-7H2,1H3,(H2,21,23,26)/b22-9+. The van der Waals surface area contributed by atoms with Crippen molar-refractivity contribution in [1.82, 2.24) is 10.7 Å². The first-order valence-corrected chi connectivity index (χ1v) is 8.12. The van der Waals surface area contributed by atoms with Crippen LogP contribution in [0, 0.1) is 0 Å². The molecule has 0 spiro atoms. The Morgan fingerprint density at radius 2 is 2.12 bits per heavy atom. The summed E-state index contributed by atoms with van der Waals surface area (Å²) in [5, 5.41) is 7.18. The number of benzene rings is 1. The summed E-state index contributed by atoms with van der Waals surface area (Å²) in [7, 11) is 1.57. The predicted octanol–water partition coefficient (Wildman–Crippen LogP) is 4.06. The molecular formula is C16H15ClF3N3O2S. The summed E-state index contributed by atoms with van der Waals surface area (Å²) in [6, 6.07) is 6.10. The lowest BCUT2D eigenvalue weighted by atomic mass is 10.1. The number of hydrazone groups is 1. The Labute approximate surface area is 158 Å². The van der Waals surface area contributed by atoms with Crippen molar-refractivity contribution in [3.63, 3.8) is 0 Å². The zero-order valence-corrected chi connectivity index (χ0v) is 15.1. The van der Waals surface area contributed by atoms with Gasteiger partial charge in [-0.2, -0.15) is 18.3 Å². The van der Waals surface area contributed by atoms with E-state index >= 15 is 0 Å². The van der Waals surface area contributed by atoms with Gasteiger partial charge in [0.1, 0.15) is 11.5 Å². The minimum atomic E-state index is -4.47. The van der Waals surface area contributed by atoms with E-state index in [2.05, 4.69) is 15.8 Å². The van der Waals surface area contributed by atoms with Crippen LogP contribution in [0.25, 0.3) is 11.3 Å². The number of halogens is 4. The lowest BCUT2D eigenvalue weighted by molar-refractivity contribution is -0.137. The number of nitrogens with zero attached hydrogens (tertiary/aromatic N) is 1. The molecule has 0 amide bonds. The maximum absolute atomic E-state index is 12.8. The molecule has 0 bridgehead atoms. The van der Waals surface area contributed by atoms with Crippen molar-refractivity contribution >= 4 is 35.1 Å². The molecule has 0 aliphatic rings. The van der Waals surface area contributed by atoms with E-state index in [4.69, 9.17) is 33.0 Å². The number of ether oxygens (including phenoxy) is 1. The highest BCUT2D eigenvalue weighted by Crippen LogP contribution is 2.36. The van der Waals surface area contributed by atoms with Crippen LogP contribution in [-0.4, -0.2) is 31.6 Å². The molecule has 1 aromatic heterocycles. The smallest absolute Gasteiger partial charge is 0.416 e. The molecule has 10 heteroatoms. The molecule has 2 N–H and O–H groups in total. The first kappa shape index (κ1) is 20.2. The Balaban J connectivity index is 2.06. The lowest BCUT2D eigenvalue weighted by Crippen LogP contribution is -2.34. The van der Waals surface area contributed by atoms with Crippen LogP contribution in [0.1, 0.15) is 11.3 Å². The van der Waals surface area contributed by atoms with E-state index in [0.717, 1.165) is 12.1 Å². The highest BCUT2D eigenvalue weighted by Gasteiger charge is 2.31. The molecule has 140 valence electrons. The van der Waals surface area contributed by atoms with Crippen LogP contribution in [-0.2, 0) is 10.9 Å². The topological polar surface area (TPSA) is 58.8 Å². The Kier molecular flexibility index (Phi) is 7.01. The molecule has 0 unspecified atom stereocenters. The number of thiocarbonyl (C=S) groups is 1. The monoisotopic (exact) mass is 405 g/mol. The maximum Gasteiger partial charge on any atom is 0.416 e. The molecule has 5 nitrogen and oxygen atoms in total. The summed E-state index contributed by atoms with van der Waals surface area (Å²) in [4.78, 5) is 0.